The van der Waals surface area contributed by atoms with E-state index in [0.717, 1.165) is 0 Å². The standard InChI is InChI=1S/CH4O6S2.3Na/c2-8(3,4)1-9(5,6)7;;;/h1H2,(H,2,3,4)(H,5,6,7);;;/q;3*+1/p-2. The third-order valence-corrected chi connectivity index (χ3v) is 2.60. The van der Waals surface area contributed by atoms with Gasteiger partial charge >= 0.3 is 88.7 Å². The van der Waals surface area contributed by atoms with Gasteiger partial charge < -0.3 is 9.11 Å². The first-order valence-corrected chi connectivity index (χ1v) is 4.73. The van der Waals surface area contributed by atoms with E-state index in [1.54, 1.807) is 0 Å². The van der Waals surface area contributed by atoms with Gasteiger partial charge in [0.15, 0.2) is 0 Å². The number of rotatable bonds is 2. The van der Waals surface area contributed by atoms with Gasteiger partial charge in [0.1, 0.15) is 25.3 Å². The van der Waals surface area contributed by atoms with Gasteiger partial charge in [0.2, 0.25) is 0 Å². The molecule has 0 aliphatic rings. The van der Waals surface area contributed by atoms with Crippen LogP contribution in [0.15, 0.2) is 0 Å². The number of hydrogen-bond donors (Lipinski definition) is 0. The van der Waals surface area contributed by atoms with E-state index in [2.05, 4.69) is 0 Å². The summed E-state index contributed by atoms with van der Waals surface area (Å²) >= 11 is 0. The monoisotopic (exact) mass is 243 g/mol. The predicted octanol–water partition coefficient (Wildman–Crippen LogP) is -11.0. The molecular weight excluding hydrogens is 241 g/mol. The SMILES string of the molecule is O=S(=O)([O-])CS(=O)(=O)[O-].[Na+].[Na+].[Na+]. The topological polar surface area (TPSA) is 114 Å². The molecular formula is CH2Na3O6S2+. The molecule has 0 amide bonds. The second kappa shape index (κ2) is 9.08. The molecule has 11 heteroatoms. The van der Waals surface area contributed by atoms with Crippen LogP contribution in [0.25, 0.3) is 0 Å². The van der Waals surface area contributed by atoms with E-state index in [0.29, 0.717) is 0 Å². The average molecular weight is 243 g/mol. The van der Waals surface area contributed by atoms with Gasteiger partial charge in [-0.2, -0.15) is 0 Å². The molecule has 0 N–H and O–H groups in total. The summed E-state index contributed by atoms with van der Waals surface area (Å²) in [7, 11) is -9.86. The minimum Gasteiger partial charge on any atom is -0.747 e. The molecule has 0 rings (SSSR count). The van der Waals surface area contributed by atoms with Crippen LogP contribution in [0.3, 0.4) is 0 Å². The molecule has 0 heterocycles. The molecule has 0 aromatic heterocycles. The van der Waals surface area contributed by atoms with Gasteiger partial charge in [-0.05, 0) is 0 Å². The van der Waals surface area contributed by atoms with Crippen LogP contribution in [-0.4, -0.2) is 31.0 Å². The van der Waals surface area contributed by atoms with Gasteiger partial charge in [-0.15, -0.1) is 0 Å². The summed E-state index contributed by atoms with van der Waals surface area (Å²) in [5, 5.41) is -1.88. The zero-order valence-corrected chi connectivity index (χ0v) is 14.6. The zero-order valence-electron chi connectivity index (χ0n) is 6.97. The van der Waals surface area contributed by atoms with Crippen LogP contribution in [0.5, 0.6) is 0 Å². The Balaban J connectivity index is -0.000000107. The van der Waals surface area contributed by atoms with Crippen molar-refractivity contribution in [3.8, 4) is 0 Å². The van der Waals surface area contributed by atoms with Crippen LogP contribution < -0.4 is 88.7 Å². The Bertz CT molecular complexity index is 246. The van der Waals surface area contributed by atoms with Crippen molar-refractivity contribution in [3.63, 3.8) is 0 Å². The fourth-order valence-electron chi connectivity index (χ4n) is 0.177. The largest absolute Gasteiger partial charge is 1.00 e. The summed E-state index contributed by atoms with van der Waals surface area (Å²) in [5.41, 5.74) is 0. The Morgan fingerprint density at radius 1 is 0.750 bits per heavy atom. The molecule has 0 saturated carbocycles. The van der Waals surface area contributed by atoms with Crippen LogP contribution in [-0.2, 0) is 20.2 Å². The van der Waals surface area contributed by atoms with E-state index in [9.17, 15) is 25.9 Å². The second-order valence-corrected chi connectivity index (χ2v) is 4.41. The first-order chi connectivity index (χ1) is 3.71. The minimum absolute atomic E-state index is 0. The minimum atomic E-state index is -4.93. The van der Waals surface area contributed by atoms with Gasteiger partial charge in [0.25, 0.3) is 0 Å². The van der Waals surface area contributed by atoms with Crippen molar-refractivity contribution in [2.45, 2.75) is 0 Å². The van der Waals surface area contributed by atoms with Crippen LogP contribution in [0.2, 0.25) is 0 Å². The summed E-state index contributed by atoms with van der Waals surface area (Å²) in [4.78, 5) is 0. The Hall–Kier alpha value is 2.82. The van der Waals surface area contributed by atoms with Crippen LogP contribution in [0, 0.1) is 0 Å². The summed E-state index contributed by atoms with van der Waals surface area (Å²) < 4.78 is 57.1. The third kappa shape index (κ3) is 23.0. The summed E-state index contributed by atoms with van der Waals surface area (Å²) in [6, 6.07) is 0. The quantitative estimate of drug-likeness (QED) is 0.351. The maximum Gasteiger partial charge on any atom is 1.00 e. The molecule has 56 valence electrons. The summed E-state index contributed by atoms with van der Waals surface area (Å²) in [6.07, 6.45) is 0. The van der Waals surface area contributed by atoms with Crippen LogP contribution in [0.1, 0.15) is 0 Å². The zero-order chi connectivity index (χ0) is 7.71. The van der Waals surface area contributed by atoms with Gasteiger partial charge in [0.05, 0.1) is 0 Å². The molecule has 0 spiro atoms. The molecule has 6 nitrogen and oxygen atoms in total. The van der Waals surface area contributed by atoms with E-state index in [-0.39, 0.29) is 88.7 Å². The normalized spacial score (nSPS) is 10.2. The smallest absolute Gasteiger partial charge is 0.747 e. The molecule has 0 aromatic carbocycles. The third-order valence-electron chi connectivity index (χ3n) is 0.289. The maximum atomic E-state index is 9.51. The Morgan fingerprint density at radius 3 is 0.917 bits per heavy atom. The van der Waals surface area contributed by atoms with Crippen LogP contribution in [0.4, 0.5) is 0 Å². The Kier molecular flexibility index (Phi) is 18.3. The van der Waals surface area contributed by atoms with E-state index in [1.165, 1.54) is 0 Å². The van der Waals surface area contributed by atoms with Gasteiger partial charge in [0, 0.05) is 0 Å². The maximum absolute atomic E-state index is 9.51. The van der Waals surface area contributed by atoms with E-state index < -0.39 is 25.3 Å². The molecule has 0 aromatic rings. The molecule has 0 fully saturated rings. The summed E-state index contributed by atoms with van der Waals surface area (Å²) in [5.74, 6) is 0. The van der Waals surface area contributed by atoms with Crippen molar-refractivity contribution in [2.75, 3.05) is 5.08 Å². The average Bonchev–Trinajstić information content (AvgIpc) is 1.14. The number of hydrogen-bond acceptors (Lipinski definition) is 6. The van der Waals surface area contributed by atoms with Crippen molar-refractivity contribution in [2.24, 2.45) is 0 Å². The van der Waals surface area contributed by atoms with Gasteiger partial charge in [-0.25, -0.2) is 16.8 Å². The van der Waals surface area contributed by atoms with Gasteiger partial charge in [-0.3, -0.25) is 0 Å². The van der Waals surface area contributed by atoms with Crippen molar-refractivity contribution >= 4 is 20.2 Å². The predicted molar refractivity (Wildman–Crippen MR) is 24.3 cm³/mol. The molecule has 0 aliphatic carbocycles. The first kappa shape index (κ1) is 24.2. The second-order valence-electron chi connectivity index (χ2n) is 1.23. The van der Waals surface area contributed by atoms with E-state index in [1.807, 2.05) is 0 Å². The summed E-state index contributed by atoms with van der Waals surface area (Å²) in [6.45, 7) is 0. The van der Waals surface area contributed by atoms with Crippen molar-refractivity contribution in [1.82, 2.24) is 0 Å². The first-order valence-electron chi connectivity index (χ1n) is 1.58. The molecule has 0 bridgehead atoms. The molecule has 0 unspecified atom stereocenters. The molecule has 0 saturated heterocycles. The Morgan fingerprint density at radius 2 is 0.917 bits per heavy atom. The fraction of sp³-hybridized carbons (Fsp3) is 1.00. The van der Waals surface area contributed by atoms with Crippen molar-refractivity contribution < 1.29 is 115 Å². The van der Waals surface area contributed by atoms with Crippen LogP contribution >= 0.6 is 0 Å². The van der Waals surface area contributed by atoms with Gasteiger partial charge in [-0.1, -0.05) is 0 Å². The molecule has 12 heavy (non-hydrogen) atoms. The molecule has 0 radical (unpaired) electrons. The van der Waals surface area contributed by atoms with E-state index >= 15 is 0 Å². The molecule has 0 atom stereocenters. The Labute approximate surface area is 137 Å². The van der Waals surface area contributed by atoms with Crippen molar-refractivity contribution in [3.05, 3.63) is 0 Å². The fourth-order valence-corrected chi connectivity index (χ4v) is 1.59. The van der Waals surface area contributed by atoms with Crippen molar-refractivity contribution in [1.29, 1.82) is 0 Å². The molecule has 0 aliphatic heterocycles. The van der Waals surface area contributed by atoms with E-state index in [4.69, 9.17) is 0 Å².